The summed E-state index contributed by atoms with van der Waals surface area (Å²) in [5, 5.41) is 8.87. The number of nitrogens with one attached hydrogen (secondary N) is 1. The average Bonchev–Trinajstić information content (AvgIpc) is 3.41. The molecular formula is C21H16FN3O2S. The van der Waals surface area contributed by atoms with Crippen LogP contribution >= 0.6 is 11.3 Å². The van der Waals surface area contributed by atoms with E-state index in [4.69, 9.17) is 4.52 Å². The standard InChI is InChI=1S/C21H16FN3O2S/c22-17-8-6-14(7-9-17)19-24-21(27-25-19)16-4-1-3-15(13-16)20(26)23-11-10-18-5-2-12-28-18/h1-9,12-13H,10-11H2,(H,23,26). The topological polar surface area (TPSA) is 68.0 Å². The van der Waals surface area contributed by atoms with Crippen LogP contribution in [0.15, 0.2) is 70.6 Å². The molecule has 0 unspecified atom stereocenters. The lowest BCUT2D eigenvalue weighted by molar-refractivity contribution is 0.0954. The molecule has 0 radical (unpaired) electrons. The minimum Gasteiger partial charge on any atom is -0.352 e. The molecule has 4 aromatic rings. The van der Waals surface area contributed by atoms with Crippen molar-refractivity contribution in [1.29, 1.82) is 0 Å². The Bertz CT molecular complexity index is 1080. The lowest BCUT2D eigenvalue weighted by atomic mass is 10.1. The number of benzene rings is 2. The van der Waals surface area contributed by atoms with Gasteiger partial charge in [-0.2, -0.15) is 4.98 Å². The van der Waals surface area contributed by atoms with E-state index in [2.05, 4.69) is 15.5 Å². The van der Waals surface area contributed by atoms with Crippen molar-refractivity contribution in [1.82, 2.24) is 15.5 Å². The molecule has 0 bridgehead atoms. The van der Waals surface area contributed by atoms with Gasteiger partial charge in [0, 0.05) is 28.1 Å². The maximum atomic E-state index is 13.1. The summed E-state index contributed by atoms with van der Waals surface area (Å²) in [4.78, 5) is 18.0. The van der Waals surface area contributed by atoms with Crippen LogP contribution in [0.4, 0.5) is 4.39 Å². The molecule has 140 valence electrons. The minimum atomic E-state index is -0.328. The maximum absolute atomic E-state index is 13.1. The van der Waals surface area contributed by atoms with Gasteiger partial charge in [-0.25, -0.2) is 4.39 Å². The molecule has 4 rings (SSSR count). The first-order valence-electron chi connectivity index (χ1n) is 8.70. The predicted octanol–water partition coefficient (Wildman–Crippen LogP) is 4.58. The van der Waals surface area contributed by atoms with Crippen LogP contribution in [0.1, 0.15) is 15.2 Å². The number of aromatic nitrogens is 2. The fourth-order valence-electron chi connectivity index (χ4n) is 2.71. The van der Waals surface area contributed by atoms with E-state index in [9.17, 15) is 9.18 Å². The molecule has 0 aliphatic carbocycles. The first-order valence-corrected chi connectivity index (χ1v) is 9.58. The van der Waals surface area contributed by atoms with E-state index < -0.39 is 0 Å². The second kappa shape index (κ2) is 8.14. The van der Waals surface area contributed by atoms with Gasteiger partial charge in [0.25, 0.3) is 11.8 Å². The van der Waals surface area contributed by atoms with Crippen LogP contribution in [0.2, 0.25) is 0 Å². The second-order valence-electron chi connectivity index (χ2n) is 6.10. The third-order valence-electron chi connectivity index (χ3n) is 4.14. The normalized spacial score (nSPS) is 10.8. The van der Waals surface area contributed by atoms with Crippen LogP contribution < -0.4 is 5.32 Å². The number of hydrogen-bond acceptors (Lipinski definition) is 5. The summed E-state index contributed by atoms with van der Waals surface area (Å²) >= 11 is 1.67. The number of halogens is 1. The Morgan fingerprint density at radius 2 is 1.93 bits per heavy atom. The molecule has 28 heavy (non-hydrogen) atoms. The zero-order valence-electron chi connectivity index (χ0n) is 14.8. The molecule has 0 saturated carbocycles. The van der Waals surface area contributed by atoms with E-state index in [0.717, 1.165) is 6.42 Å². The van der Waals surface area contributed by atoms with Crippen molar-refractivity contribution >= 4 is 17.2 Å². The Labute approximate surface area is 164 Å². The lowest BCUT2D eigenvalue weighted by Gasteiger charge is -2.05. The van der Waals surface area contributed by atoms with Crippen molar-refractivity contribution in [3.05, 3.63) is 82.3 Å². The highest BCUT2D eigenvalue weighted by atomic mass is 32.1. The summed E-state index contributed by atoms with van der Waals surface area (Å²) in [6, 6.07) is 16.9. The first kappa shape index (κ1) is 18.1. The summed E-state index contributed by atoms with van der Waals surface area (Å²) in [6.07, 6.45) is 0.799. The smallest absolute Gasteiger partial charge is 0.258 e. The van der Waals surface area contributed by atoms with Crippen molar-refractivity contribution in [2.75, 3.05) is 6.54 Å². The maximum Gasteiger partial charge on any atom is 0.258 e. The zero-order valence-corrected chi connectivity index (χ0v) is 15.6. The molecule has 0 saturated heterocycles. The molecule has 2 aromatic heterocycles. The van der Waals surface area contributed by atoms with E-state index in [1.54, 1.807) is 47.7 Å². The number of carbonyl (C=O) groups excluding carboxylic acids is 1. The van der Waals surface area contributed by atoms with Crippen molar-refractivity contribution in [2.24, 2.45) is 0 Å². The molecule has 0 fully saturated rings. The van der Waals surface area contributed by atoms with Gasteiger partial charge in [-0.1, -0.05) is 17.3 Å². The Kier molecular flexibility index (Phi) is 5.25. The van der Waals surface area contributed by atoms with Crippen LogP contribution in [-0.4, -0.2) is 22.6 Å². The summed E-state index contributed by atoms with van der Waals surface area (Å²) in [7, 11) is 0. The van der Waals surface area contributed by atoms with Crippen LogP contribution in [-0.2, 0) is 6.42 Å². The van der Waals surface area contributed by atoms with Gasteiger partial charge in [0.15, 0.2) is 0 Å². The Morgan fingerprint density at radius 3 is 2.71 bits per heavy atom. The highest BCUT2D eigenvalue weighted by Crippen LogP contribution is 2.23. The van der Waals surface area contributed by atoms with Crippen LogP contribution in [0.3, 0.4) is 0 Å². The van der Waals surface area contributed by atoms with Gasteiger partial charge < -0.3 is 9.84 Å². The van der Waals surface area contributed by atoms with Crippen molar-refractivity contribution < 1.29 is 13.7 Å². The number of amides is 1. The molecule has 5 nitrogen and oxygen atoms in total. The van der Waals surface area contributed by atoms with Gasteiger partial charge in [-0.3, -0.25) is 4.79 Å². The Hall–Kier alpha value is -3.32. The molecule has 2 heterocycles. The molecule has 0 aliphatic heterocycles. The summed E-state index contributed by atoms with van der Waals surface area (Å²) in [6.45, 7) is 0.568. The number of carbonyl (C=O) groups is 1. The van der Waals surface area contributed by atoms with Gasteiger partial charge in [-0.05, 0) is 60.3 Å². The van der Waals surface area contributed by atoms with E-state index >= 15 is 0 Å². The van der Waals surface area contributed by atoms with Crippen molar-refractivity contribution in [3.8, 4) is 22.8 Å². The Balaban J connectivity index is 1.46. The number of rotatable bonds is 6. The molecule has 0 aliphatic rings. The summed E-state index contributed by atoms with van der Waals surface area (Å²) < 4.78 is 18.4. The largest absolute Gasteiger partial charge is 0.352 e. The lowest BCUT2D eigenvalue weighted by Crippen LogP contribution is -2.25. The van der Waals surface area contributed by atoms with Gasteiger partial charge in [0.1, 0.15) is 5.82 Å². The fraction of sp³-hybridized carbons (Fsp3) is 0.0952. The van der Waals surface area contributed by atoms with Gasteiger partial charge >= 0.3 is 0 Å². The second-order valence-corrected chi connectivity index (χ2v) is 7.13. The quantitative estimate of drug-likeness (QED) is 0.521. The van der Waals surface area contributed by atoms with Gasteiger partial charge in [-0.15, -0.1) is 11.3 Å². The fourth-order valence-corrected chi connectivity index (χ4v) is 3.42. The highest BCUT2D eigenvalue weighted by molar-refractivity contribution is 7.09. The van der Waals surface area contributed by atoms with Crippen LogP contribution in [0.5, 0.6) is 0 Å². The SMILES string of the molecule is O=C(NCCc1cccs1)c1cccc(-c2nc(-c3ccc(F)cc3)no2)c1. The van der Waals surface area contributed by atoms with Crippen molar-refractivity contribution in [3.63, 3.8) is 0 Å². The molecule has 7 heteroatoms. The third-order valence-corrected chi connectivity index (χ3v) is 5.07. The number of hydrogen-bond donors (Lipinski definition) is 1. The van der Waals surface area contributed by atoms with Crippen molar-refractivity contribution in [2.45, 2.75) is 6.42 Å². The molecule has 0 atom stereocenters. The van der Waals surface area contributed by atoms with Gasteiger partial charge in [0.2, 0.25) is 5.82 Å². The van der Waals surface area contributed by atoms with Crippen LogP contribution in [0.25, 0.3) is 22.8 Å². The Morgan fingerprint density at radius 1 is 1.07 bits per heavy atom. The predicted molar refractivity (Wildman–Crippen MR) is 105 cm³/mol. The molecule has 2 aromatic carbocycles. The summed E-state index contributed by atoms with van der Waals surface area (Å²) in [5.41, 5.74) is 1.82. The van der Waals surface area contributed by atoms with E-state index in [1.165, 1.54) is 17.0 Å². The minimum absolute atomic E-state index is 0.156. The molecule has 1 N–H and O–H groups in total. The first-order chi connectivity index (χ1) is 13.7. The number of thiophene rings is 1. The monoisotopic (exact) mass is 393 g/mol. The van der Waals surface area contributed by atoms with E-state index in [1.807, 2.05) is 17.5 Å². The number of nitrogens with zero attached hydrogens (tertiary/aromatic N) is 2. The van der Waals surface area contributed by atoms with E-state index in [-0.39, 0.29) is 11.7 Å². The average molecular weight is 393 g/mol. The van der Waals surface area contributed by atoms with Crippen LogP contribution in [0, 0.1) is 5.82 Å². The van der Waals surface area contributed by atoms with Gasteiger partial charge in [0.05, 0.1) is 0 Å². The highest BCUT2D eigenvalue weighted by Gasteiger charge is 2.13. The third kappa shape index (κ3) is 4.15. The summed E-state index contributed by atoms with van der Waals surface area (Å²) in [5.74, 6) is 0.176. The molecule has 1 amide bonds. The molecular weight excluding hydrogens is 377 g/mol. The zero-order chi connectivity index (χ0) is 19.3. The van der Waals surface area contributed by atoms with E-state index in [0.29, 0.717) is 35.0 Å². The molecule has 0 spiro atoms.